The van der Waals surface area contributed by atoms with E-state index in [1.54, 1.807) is 10.5 Å². The van der Waals surface area contributed by atoms with Crippen molar-refractivity contribution < 1.29 is 4.39 Å². The van der Waals surface area contributed by atoms with Gasteiger partial charge in [-0.1, -0.05) is 39.8 Å². The second-order valence-corrected chi connectivity index (χ2v) is 6.50. The van der Waals surface area contributed by atoms with Crippen molar-refractivity contribution in [3.8, 4) is 0 Å². The van der Waals surface area contributed by atoms with E-state index >= 15 is 0 Å². The number of imidazole rings is 1. The van der Waals surface area contributed by atoms with Crippen LogP contribution in [-0.4, -0.2) is 9.38 Å². The summed E-state index contributed by atoms with van der Waals surface area (Å²) in [5, 5.41) is 8.67. The van der Waals surface area contributed by atoms with E-state index in [2.05, 4.69) is 41.2 Å². The molecular formula is C19H21FN4. The lowest BCUT2D eigenvalue weighted by molar-refractivity contribution is 0.619. The lowest BCUT2D eigenvalue weighted by Gasteiger charge is -2.04. The van der Waals surface area contributed by atoms with Crippen LogP contribution in [0, 0.1) is 5.82 Å². The van der Waals surface area contributed by atoms with Crippen LogP contribution in [0.3, 0.4) is 0 Å². The maximum Gasteiger partial charge on any atom is 0.183 e. The molecular weight excluding hydrogens is 303 g/mol. The molecule has 0 fully saturated rings. The molecule has 24 heavy (non-hydrogen) atoms. The number of hydrogen-bond acceptors (Lipinski definition) is 3. The molecule has 4 nitrogen and oxygen atoms in total. The van der Waals surface area contributed by atoms with Crippen molar-refractivity contribution in [2.24, 2.45) is 10.2 Å². The van der Waals surface area contributed by atoms with Gasteiger partial charge in [0.1, 0.15) is 11.5 Å². The van der Waals surface area contributed by atoms with Crippen molar-refractivity contribution in [2.75, 3.05) is 0 Å². The number of aromatic nitrogens is 2. The highest BCUT2D eigenvalue weighted by molar-refractivity contribution is 5.53. The average Bonchev–Trinajstić information content (AvgIpc) is 2.91. The van der Waals surface area contributed by atoms with Crippen molar-refractivity contribution in [1.82, 2.24) is 9.38 Å². The van der Waals surface area contributed by atoms with Crippen LogP contribution in [0.25, 0.3) is 5.65 Å². The van der Waals surface area contributed by atoms with Crippen LogP contribution in [0.1, 0.15) is 50.8 Å². The third-order valence-electron chi connectivity index (χ3n) is 3.95. The minimum absolute atomic E-state index is 0.172. The molecule has 0 spiro atoms. The molecule has 0 aliphatic rings. The first-order valence-electron chi connectivity index (χ1n) is 8.15. The van der Waals surface area contributed by atoms with E-state index in [0.717, 1.165) is 11.4 Å². The molecule has 0 radical (unpaired) electrons. The van der Waals surface area contributed by atoms with E-state index < -0.39 is 0 Å². The van der Waals surface area contributed by atoms with Gasteiger partial charge in [-0.2, -0.15) is 0 Å². The van der Waals surface area contributed by atoms with E-state index in [4.69, 9.17) is 0 Å². The standard InChI is InChI=1S/C19H21FN4/c1-12(2)14-5-8-16(9-6-14)22-23-19-18(13(3)4)21-17-10-7-15(20)11-24(17)19/h5-13H,1-4H3. The fourth-order valence-electron chi connectivity index (χ4n) is 2.54. The highest BCUT2D eigenvalue weighted by Gasteiger charge is 2.15. The van der Waals surface area contributed by atoms with Crippen LogP contribution >= 0.6 is 0 Å². The first-order valence-corrected chi connectivity index (χ1v) is 8.15. The number of hydrogen-bond donors (Lipinski definition) is 0. The lowest BCUT2D eigenvalue weighted by Crippen LogP contribution is -1.88. The summed E-state index contributed by atoms with van der Waals surface area (Å²) in [6, 6.07) is 11.0. The molecule has 0 bridgehead atoms. The Morgan fingerprint density at radius 1 is 0.917 bits per heavy atom. The van der Waals surface area contributed by atoms with Gasteiger partial charge in [0.05, 0.1) is 11.4 Å². The fourth-order valence-corrected chi connectivity index (χ4v) is 2.54. The summed E-state index contributed by atoms with van der Waals surface area (Å²) in [6.45, 7) is 8.37. The normalized spacial score (nSPS) is 12.1. The molecule has 0 saturated carbocycles. The van der Waals surface area contributed by atoms with Crippen LogP contribution in [0.4, 0.5) is 15.9 Å². The molecule has 0 N–H and O–H groups in total. The van der Waals surface area contributed by atoms with Crippen molar-refractivity contribution in [1.29, 1.82) is 0 Å². The van der Waals surface area contributed by atoms with Gasteiger partial charge in [0.25, 0.3) is 0 Å². The largest absolute Gasteiger partial charge is 0.280 e. The van der Waals surface area contributed by atoms with E-state index in [0.29, 0.717) is 17.4 Å². The highest BCUT2D eigenvalue weighted by atomic mass is 19.1. The van der Waals surface area contributed by atoms with Crippen molar-refractivity contribution >= 4 is 17.2 Å². The van der Waals surface area contributed by atoms with E-state index in [-0.39, 0.29) is 11.7 Å². The summed E-state index contributed by atoms with van der Waals surface area (Å²) in [5.74, 6) is 0.899. The Kier molecular flexibility index (Phi) is 4.42. The van der Waals surface area contributed by atoms with Crippen molar-refractivity contribution in [3.05, 3.63) is 59.7 Å². The average molecular weight is 324 g/mol. The van der Waals surface area contributed by atoms with Gasteiger partial charge < -0.3 is 0 Å². The zero-order valence-electron chi connectivity index (χ0n) is 14.4. The molecule has 1 aromatic carbocycles. The summed E-state index contributed by atoms with van der Waals surface area (Å²) in [6.07, 6.45) is 1.39. The molecule has 2 heterocycles. The predicted octanol–water partition coefficient (Wildman–Crippen LogP) is 6.14. The van der Waals surface area contributed by atoms with Gasteiger partial charge in [-0.15, -0.1) is 10.2 Å². The number of azo groups is 1. The Labute approximate surface area is 141 Å². The molecule has 0 aliphatic heterocycles. The minimum atomic E-state index is -0.326. The van der Waals surface area contributed by atoms with Gasteiger partial charge in [0, 0.05) is 6.20 Å². The molecule has 3 rings (SSSR count). The topological polar surface area (TPSA) is 42.0 Å². The third-order valence-corrected chi connectivity index (χ3v) is 3.95. The molecule has 0 unspecified atom stereocenters. The zero-order valence-corrected chi connectivity index (χ0v) is 14.4. The van der Waals surface area contributed by atoms with Crippen LogP contribution < -0.4 is 0 Å². The first-order chi connectivity index (χ1) is 11.5. The molecule has 3 aromatic rings. The maximum atomic E-state index is 13.6. The minimum Gasteiger partial charge on any atom is -0.280 e. The van der Waals surface area contributed by atoms with Gasteiger partial charge in [-0.05, 0) is 41.7 Å². The SMILES string of the molecule is CC(C)c1ccc(N=Nc2c(C(C)C)nc3ccc(F)cn23)cc1. The van der Waals surface area contributed by atoms with Crippen LogP contribution in [0.15, 0.2) is 52.8 Å². The monoisotopic (exact) mass is 324 g/mol. The summed E-state index contributed by atoms with van der Waals surface area (Å²) < 4.78 is 15.2. The molecule has 0 aliphatic carbocycles. The summed E-state index contributed by atoms with van der Waals surface area (Å²) in [7, 11) is 0. The van der Waals surface area contributed by atoms with E-state index in [1.165, 1.54) is 17.8 Å². The van der Waals surface area contributed by atoms with Gasteiger partial charge in [-0.25, -0.2) is 9.37 Å². The number of benzene rings is 1. The highest BCUT2D eigenvalue weighted by Crippen LogP contribution is 2.30. The van der Waals surface area contributed by atoms with E-state index in [9.17, 15) is 4.39 Å². The van der Waals surface area contributed by atoms with Crippen LogP contribution in [0.2, 0.25) is 0 Å². The summed E-state index contributed by atoms with van der Waals surface area (Å²) >= 11 is 0. The second-order valence-electron chi connectivity index (χ2n) is 6.50. The quantitative estimate of drug-likeness (QED) is 0.532. The Balaban J connectivity index is 2.01. The lowest BCUT2D eigenvalue weighted by atomic mass is 10.0. The number of pyridine rings is 1. The third kappa shape index (κ3) is 3.20. The molecule has 0 saturated heterocycles. The predicted molar refractivity (Wildman–Crippen MR) is 93.9 cm³/mol. The Morgan fingerprint density at radius 2 is 1.62 bits per heavy atom. The molecule has 5 heteroatoms. The fraction of sp³-hybridized carbons (Fsp3) is 0.316. The molecule has 124 valence electrons. The Hall–Kier alpha value is -2.56. The van der Waals surface area contributed by atoms with Crippen molar-refractivity contribution in [3.63, 3.8) is 0 Å². The van der Waals surface area contributed by atoms with Gasteiger partial charge in [0.2, 0.25) is 0 Å². The summed E-state index contributed by atoms with van der Waals surface area (Å²) in [4.78, 5) is 4.55. The smallest absolute Gasteiger partial charge is 0.183 e. The molecule has 2 aromatic heterocycles. The number of nitrogens with zero attached hydrogens (tertiary/aromatic N) is 4. The molecule has 0 amide bonds. The molecule has 0 atom stereocenters. The second kappa shape index (κ2) is 6.51. The van der Waals surface area contributed by atoms with E-state index in [1.807, 2.05) is 26.0 Å². The first kappa shape index (κ1) is 16.3. The van der Waals surface area contributed by atoms with Gasteiger partial charge >= 0.3 is 0 Å². The van der Waals surface area contributed by atoms with Crippen LogP contribution in [0.5, 0.6) is 0 Å². The number of fused-ring (bicyclic) bond motifs is 1. The summed E-state index contributed by atoms with van der Waals surface area (Å²) in [5.41, 5.74) is 3.50. The van der Waals surface area contributed by atoms with Gasteiger partial charge in [-0.3, -0.25) is 4.40 Å². The zero-order chi connectivity index (χ0) is 17.3. The van der Waals surface area contributed by atoms with Crippen LogP contribution in [-0.2, 0) is 0 Å². The number of halogens is 1. The van der Waals surface area contributed by atoms with Gasteiger partial charge in [0.15, 0.2) is 5.82 Å². The number of rotatable bonds is 4. The Morgan fingerprint density at radius 3 is 2.25 bits per heavy atom. The Bertz CT molecular complexity index is 876. The maximum absolute atomic E-state index is 13.6. The van der Waals surface area contributed by atoms with Crippen molar-refractivity contribution in [2.45, 2.75) is 39.5 Å².